The number of hydrogen-bond donors (Lipinski definition) is 2. The van der Waals surface area contributed by atoms with Gasteiger partial charge in [-0.25, -0.2) is 4.79 Å². The summed E-state index contributed by atoms with van der Waals surface area (Å²) < 4.78 is 5.57. The van der Waals surface area contributed by atoms with Crippen LogP contribution in [0.5, 0.6) is 5.75 Å². The summed E-state index contributed by atoms with van der Waals surface area (Å²) in [6.45, 7) is 7.31. The van der Waals surface area contributed by atoms with Gasteiger partial charge in [-0.1, -0.05) is 44.0 Å². The third-order valence-corrected chi connectivity index (χ3v) is 3.36. The van der Waals surface area contributed by atoms with Gasteiger partial charge in [-0.2, -0.15) is 0 Å². The molecule has 1 atom stereocenters. The molecule has 0 bridgehead atoms. The molecule has 0 aliphatic heterocycles. The minimum absolute atomic E-state index is 0.323. The van der Waals surface area contributed by atoms with Crippen molar-refractivity contribution in [3.8, 4) is 5.75 Å². The average Bonchev–Trinajstić information content (AvgIpc) is 2.36. The van der Waals surface area contributed by atoms with Crippen molar-refractivity contribution in [1.29, 1.82) is 0 Å². The second kappa shape index (κ2) is 8.47. The van der Waals surface area contributed by atoms with E-state index in [9.17, 15) is 4.79 Å². The lowest BCUT2D eigenvalue weighted by Gasteiger charge is -2.18. The first-order chi connectivity index (χ1) is 9.85. The Bertz CT molecular complexity index is 492. The molecule has 0 heterocycles. The van der Waals surface area contributed by atoms with Gasteiger partial charge in [-0.05, 0) is 31.0 Å². The summed E-state index contributed by atoms with van der Waals surface area (Å²) in [6, 6.07) is 3.30. The molecule has 0 spiro atoms. The van der Waals surface area contributed by atoms with Crippen molar-refractivity contribution >= 4 is 29.2 Å². The summed E-state index contributed by atoms with van der Waals surface area (Å²) in [5.74, 6) is -0.123. The zero-order valence-electron chi connectivity index (χ0n) is 12.5. The van der Waals surface area contributed by atoms with Crippen molar-refractivity contribution < 1.29 is 14.6 Å². The van der Waals surface area contributed by atoms with Crippen LogP contribution in [0.2, 0.25) is 10.0 Å². The first kappa shape index (κ1) is 18.1. The number of halogens is 2. The van der Waals surface area contributed by atoms with E-state index in [0.717, 1.165) is 12.1 Å². The molecule has 0 amide bonds. The normalized spacial score (nSPS) is 12.5. The summed E-state index contributed by atoms with van der Waals surface area (Å²) in [6.07, 6.45) is -0.569. The lowest BCUT2D eigenvalue weighted by Crippen LogP contribution is -2.27. The van der Waals surface area contributed by atoms with Gasteiger partial charge in [0, 0.05) is 17.1 Å². The largest absolute Gasteiger partial charge is 0.479 e. The van der Waals surface area contributed by atoms with Gasteiger partial charge in [0.05, 0.1) is 5.02 Å². The summed E-state index contributed by atoms with van der Waals surface area (Å²) in [5.41, 5.74) is 0.757. The van der Waals surface area contributed by atoms with Gasteiger partial charge in [-0.3, -0.25) is 0 Å². The zero-order chi connectivity index (χ0) is 16.0. The molecule has 4 nitrogen and oxygen atoms in total. The number of carboxylic acid groups (broad SMARTS) is 1. The number of ether oxygens (including phenoxy) is 1. The van der Waals surface area contributed by atoms with Gasteiger partial charge < -0.3 is 15.2 Å². The van der Waals surface area contributed by atoms with Gasteiger partial charge in [-0.15, -0.1) is 0 Å². The van der Waals surface area contributed by atoms with Crippen molar-refractivity contribution in [3.05, 3.63) is 27.7 Å². The van der Waals surface area contributed by atoms with E-state index < -0.39 is 12.1 Å². The molecule has 0 fully saturated rings. The molecular weight excluding hydrogens is 313 g/mol. The highest BCUT2D eigenvalue weighted by atomic mass is 35.5. The molecule has 1 aromatic carbocycles. The van der Waals surface area contributed by atoms with Crippen LogP contribution in [0.3, 0.4) is 0 Å². The molecule has 21 heavy (non-hydrogen) atoms. The quantitative estimate of drug-likeness (QED) is 0.755. The predicted molar refractivity (Wildman–Crippen MR) is 85.3 cm³/mol. The maximum atomic E-state index is 11.1. The van der Waals surface area contributed by atoms with E-state index in [2.05, 4.69) is 19.2 Å². The Balaban J connectivity index is 2.96. The molecule has 0 aliphatic rings. The molecule has 6 heteroatoms. The number of carbonyl (C=O) groups is 1. The van der Waals surface area contributed by atoms with Crippen molar-refractivity contribution in [2.45, 2.75) is 39.8 Å². The Hall–Kier alpha value is -0.970. The van der Waals surface area contributed by atoms with E-state index in [1.807, 2.05) is 0 Å². The van der Waals surface area contributed by atoms with Crippen LogP contribution >= 0.6 is 23.2 Å². The highest BCUT2D eigenvalue weighted by Gasteiger charge is 2.20. The van der Waals surface area contributed by atoms with Gasteiger partial charge >= 0.3 is 5.97 Å². The molecule has 0 radical (unpaired) electrons. The molecule has 0 aliphatic carbocycles. The zero-order valence-corrected chi connectivity index (χ0v) is 14.0. The van der Waals surface area contributed by atoms with Crippen molar-refractivity contribution in [2.24, 2.45) is 5.92 Å². The van der Waals surface area contributed by atoms with E-state index in [1.165, 1.54) is 0 Å². The van der Waals surface area contributed by atoms with Crippen LogP contribution in [0.4, 0.5) is 0 Å². The molecular formula is C15H21Cl2NO3. The van der Waals surface area contributed by atoms with Crippen molar-refractivity contribution in [3.63, 3.8) is 0 Å². The van der Waals surface area contributed by atoms with Crippen LogP contribution < -0.4 is 10.1 Å². The highest BCUT2D eigenvalue weighted by Crippen LogP contribution is 2.33. The lowest BCUT2D eigenvalue weighted by molar-refractivity contribution is -0.145. The van der Waals surface area contributed by atoms with E-state index in [1.54, 1.807) is 19.1 Å². The smallest absolute Gasteiger partial charge is 0.344 e. The van der Waals surface area contributed by atoms with Gasteiger partial charge in [0.2, 0.25) is 0 Å². The number of aliphatic carboxylic acids is 1. The lowest BCUT2D eigenvalue weighted by atomic mass is 10.1. The average molecular weight is 334 g/mol. The van der Waals surface area contributed by atoms with Gasteiger partial charge in [0.25, 0.3) is 0 Å². The minimum Gasteiger partial charge on any atom is -0.479 e. The van der Waals surface area contributed by atoms with Gasteiger partial charge in [0.15, 0.2) is 6.10 Å². The molecule has 2 N–H and O–H groups in total. The van der Waals surface area contributed by atoms with Gasteiger partial charge in [0.1, 0.15) is 5.75 Å². The van der Waals surface area contributed by atoms with E-state index >= 15 is 0 Å². The number of benzene rings is 1. The fourth-order valence-corrected chi connectivity index (χ4v) is 2.40. The number of rotatable bonds is 8. The third-order valence-electron chi connectivity index (χ3n) is 2.86. The highest BCUT2D eigenvalue weighted by molar-refractivity contribution is 6.35. The molecule has 1 aromatic rings. The summed E-state index contributed by atoms with van der Waals surface area (Å²) in [7, 11) is 0. The predicted octanol–water partition coefficient (Wildman–Crippen LogP) is 3.98. The van der Waals surface area contributed by atoms with Crippen LogP contribution in [0.15, 0.2) is 12.1 Å². The van der Waals surface area contributed by atoms with Crippen LogP contribution in [-0.4, -0.2) is 23.7 Å². The Morgan fingerprint density at radius 3 is 2.57 bits per heavy atom. The number of carboxylic acids is 1. The van der Waals surface area contributed by atoms with Crippen LogP contribution in [-0.2, 0) is 11.3 Å². The number of hydrogen-bond acceptors (Lipinski definition) is 3. The standard InChI is InChI=1S/C15H21Cl2NO3/c1-4-13(15(19)20)21-14-10(8-18-7-9(2)3)5-11(16)6-12(14)17/h5-6,9,13,18H,4,7-8H2,1-3H3,(H,19,20). The summed E-state index contributed by atoms with van der Waals surface area (Å²) in [4.78, 5) is 11.1. The molecule has 0 saturated carbocycles. The first-order valence-electron chi connectivity index (χ1n) is 6.93. The Morgan fingerprint density at radius 2 is 2.05 bits per heavy atom. The fourth-order valence-electron chi connectivity index (χ4n) is 1.82. The van der Waals surface area contributed by atoms with Crippen LogP contribution in [0, 0.1) is 5.92 Å². The molecule has 118 valence electrons. The van der Waals surface area contributed by atoms with E-state index in [4.69, 9.17) is 33.0 Å². The molecule has 1 rings (SSSR count). The third kappa shape index (κ3) is 5.73. The fraction of sp³-hybridized carbons (Fsp3) is 0.533. The van der Waals surface area contributed by atoms with E-state index in [0.29, 0.717) is 34.7 Å². The Kier molecular flexibility index (Phi) is 7.29. The monoisotopic (exact) mass is 333 g/mol. The second-order valence-electron chi connectivity index (χ2n) is 5.25. The number of nitrogens with one attached hydrogen (secondary N) is 1. The maximum Gasteiger partial charge on any atom is 0.344 e. The van der Waals surface area contributed by atoms with Crippen molar-refractivity contribution in [1.82, 2.24) is 5.32 Å². The first-order valence-corrected chi connectivity index (χ1v) is 7.68. The topological polar surface area (TPSA) is 58.6 Å². The Morgan fingerprint density at radius 1 is 1.38 bits per heavy atom. The molecule has 0 saturated heterocycles. The van der Waals surface area contributed by atoms with Crippen molar-refractivity contribution in [2.75, 3.05) is 6.54 Å². The molecule has 0 aromatic heterocycles. The SMILES string of the molecule is CCC(Oc1c(Cl)cc(Cl)cc1CNCC(C)C)C(=O)O. The Labute approximate surface area is 135 Å². The second-order valence-corrected chi connectivity index (χ2v) is 6.10. The van der Waals surface area contributed by atoms with Crippen LogP contribution in [0.1, 0.15) is 32.8 Å². The minimum atomic E-state index is -1.01. The van der Waals surface area contributed by atoms with Crippen LogP contribution in [0.25, 0.3) is 0 Å². The summed E-state index contributed by atoms with van der Waals surface area (Å²) >= 11 is 12.2. The van der Waals surface area contributed by atoms with E-state index in [-0.39, 0.29) is 0 Å². The molecule has 1 unspecified atom stereocenters. The summed E-state index contributed by atoms with van der Waals surface area (Å²) in [5, 5.41) is 13.2. The maximum absolute atomic E-state index is 11.1.